The highest BCUT2D eigenvalue weighted by molar-refractivity contribution is 5.84. The van der Waals surface area contributed by atoms with Gasteiger partial charge in [-0.25, -0.2) is 4.98 Å². The normalized spacial score (nSPS) is 42.3. The first-order valence-corrected chi connectivity index (χ1v) is 19.7. The van der Waals surface area contributed by atoms with E-state index >= 15 is 4.79 Å². The number of imidazole rings is 1. The lowest BCUT2D eigenvalue weighted by Gasteiger charge is -2.67. The molecule has 0 bridgehead atoms. The van der Waals surface area contributed by atoms with E-state index in [1.807, 2.05) is 18.5 Å². The zero-order valence-electron chi connectivity index (χ0n) is 30.4. The minimum absolute atomic E-state index is 0.0468. The van der Waals surface area contributed by atoms with E-state index < -0.39 is 0 Å². The van der Waals surface area contributed by atoms with Crippen LogP contribution in [0.3, 0.4) is 0 Å². The van der Waals surface area contributed by atoms with Gasteiger partial charge in [-0.1, -0.05) is 27.2 Å². The number of aliphatic hydroxyl groups is 1. The van der Waals surface area contributed by atoms with E-state index in [1.165, 1.54) is 51.4 Å². The quantitative estimate of drug-likeness (QED) is 0.347. The molecule has 0 aromatic carbocycles. The smallest absolute Gasteiger partial charge is 0.229 e. The summed E-state index contributed by atoms with van der Waals surface area (Å²) in [7, 11) is 4.25. The molecule has 1 saturated heterocycles. The van der Waals surface area contributed by atoms with E-state index in [0.29, 0.717) is 40.4 Å². The van der Waals surface area contributed by atoms with Gasteiger partial charge in [0.1, 0.15) is 5.82 Å². The summed E-state index contributed by atoms with van der Waals surface area (Å²) in [4.78, 5) is 29.4. The maximum atomic E-state index is 15.2. The number of nitrogens with zero attached hydrogens (tertiary/aromatic N) is 5. The van der Waals surface area contributed by atoms with Gasteiger partial charge in [0.25, 0.3) is 0 Å². The number of amides is 1. The van der Waals surface area contributed by atoms with Crippen molar-refractivity contribution in [3.05, 3.63) is 36.5 Å². The van der Waals surface area contributed by atoms with Gasteiger partial charge in [-0.3, -0.25) is 9.78 Å². The van der Waals surface area contributed by atoms with Gasteiger partial charge in [0.2, 0.25) is 5.91 Å². The van der Waals surface area contributed by atoms with Crippen LogP contribution in [0.4, 0.5) is 0 Å². The van der Waals surface area contributed by atoms with Crippen LogP contribution in [0.1, 0.15) is 116 Å². The molecule has 0 spiro atoms. The molecule has 7 heteroatoms. The Kier molecular flexibility index (Phi) is 8.38. The number of carbonyl (C=O) groups excluding carboxylic acids is 1. The van der Waals surface area contributed by atoms with Crippen molar-refractivity contribution in [3.63, 3.8) is 0 Å². The van der Waals surface area contributed by atoms with Crippen LogP contribution in [0, 0.1) is 51.8 Å². The van der Waals surface area contributed by atoms with Crippen molar-refractivity contribution in [2.24, 2.45) is 51.8 Å². The average Bonchev–Trinajstić information content (AvgIpc) is 3.84. The highest BCUT2D eigenvalue weighted by atomic mass is 16.3. The molecule has 11 atom stereocenters. The van der Waals surface area contributed by atoms with Crippen LogP contribution in [0.25, 0.3) is 11.3 Å². The molecule has 7 nitrogen and oxygen atoms in total. The molecule has 0 radical (unpaired) electrons. The molecule has 48 heavy (non-hydrogen) atoms. The van der Waals surface area contributed by atoms with Gasteiger partial charge in [-0.05, 0) is 150 Å². The van der Waals surface area contributed by atoms with E-state index in [1.54, 1.807) is 0 Å². The highest BCUT2D eigenvalue weighted by Gasteiger charge is 2.66. The lowest BCUT2D eigenvalue weighted by Crippen LogP contribution is -2.62. The number of aliphatic hydroxyl groups excluding tert-OH is 1. The Morgan fingerprint density at radius 2 is 1.75 bits per heavy atom. The number of carbonyl (C=O) groups is 1. The van der Waals surface area contributed by atoms with Crippen LogP contribution in [0.2, 0.25) is 0 Å². The summed E-state index contributed by atoms with van der Waals surface area (Å²) in [5, 5.41) is 10.8. The van der Waals surface area contributed by atoms with Gasteiger partial charge >= 0.3 is 0 Å². The Balaban J connectivity index is 1.07. The SMILES string of the molecule is CC1C(O)CCC2(C)C1CCC1(C)C3CCC4(C(=O)N5CCCC5c5nc(-c6cccnc6)cn5CCN(C)C)CCCC4C3CCC21. The van der Waals surface area contributed by atoms with Gasteiger partial charge in [0.05, 0.1) is 23.3 Å². The standard InChI is InChI=1S/C41H61N5O2/c1-27-30-14-18-40(3)31-15-20-41(17-6-10-32(41)29(31)12-13-36(40)39(30,2)19-16-35(27)47)38(48)46-22-8-11-34(46)37-43-33(28-9-7-21-42-25-28)26-45(37)24-23-44(4)5/h7,9,21,25-27,29-32,34-36,47H,6,8,10-20,22-24H2,1-5H3. The summed E-state index contributed by atoms with van der Waals surface area (Å²) in [6, 6.07) is 4.12. The average molecular weight is 656 g/mol. The molecule has 11 unspecified atom stereocenters. The van der Waals surface area contributed by atoms with Crippen LogP contribution >= 0.6 is 0 Å². The Morgan fingerprint density at radius 1 is 0.958 bits per heavy atom. The number of likely N-dealkylation sites (tertiary alicyclic amines) is 1. The minimum Gasteiger partial charge on any atom is -0.393 e. The predicted octanol–water partition coefficient (Wildman–Crippen LogP) is 7.61. The molecule has 6 aliphatic rings. The van der Waals surface area contributed by atoms with Gasteiger partial charge in [-0.2, -0.15) is 0 Å². The summed E-state index contributed by atoms with van der Waals surface area (Å²) in [6.45, 7) is 10.3. The molecule has 6 fully saturated rings. The highest BCUT2D eigenvalue weighted by Crippen LogP contribution is 2.72. The maximum Gasteiger partial charge on any atom is 0.229 e. The fraction of sp³-hybridized carbons (Fsp3) is 0.780. The lowest BCUT2D eigenvalue weighted by atomic mass is 9.37. The van der Waals surface area contributed by atoms with E-state index in [2.05, 4.69) is 66.5 Å². The maximum absolute atomic E-state index is 15.2. The minimum atomic E-state index is -0.190. The first kappa shape index (κ1) is 32.9. The topological polar surface area (TPSA) is 74.5 Å². The van der Waals surface area contributed by atoms with Crippen LogP contribution < -0.4 is 0 Å². The number of fused-ring (bicyclic) bond motifs is 7. The number of hydrogen-bond acceptors (Lipinski definition) is 5. The Labute approximate surface area is 289 Å². The largest absolute Gasteiger partial charge is 0.393 e. The Morgan fingerprint density at radius 3 is 2.54 bits per heavy atom. The summed E-state index contributed by atoms with van der Waals surface area (Å²) in [5.41, 5.74) is 2.53. The van der Waals surface area contributed by atoms with Gasteiger partial charge < -0.3 is 19.5 Å². The van der Waals surface area contributed by atoms with Crippen molar-refractivity contribution in [3.8, 4) is 11.3 Å². The molecule has 1 N–H and O–H groups in total. The van der Waals surface area contributed by atoms with E-state index in [0.717, 1.165) is 80.7 Å². The number of rotatable bonds is 6. The molecule has 2 aromatic heterocycles. The molecule has 5 aliphatic carbocycles. The number of aromatic nitrogens is 3. The fourth-order valence-electron chi connectivity index (χ4n) is 13.6. The third-order valence-electron chi connectivity index (χ3n) is 15.9. The van der Waals surface area contributed by atoms with Crippen LogP contribution in [0.15, 0.2) is 30.7 Å². The molecule has 1 aliphatic heterocycles. The summed E-state index contributed by atoms with van der Waals surface area (Å²) >= 11 is 0. The van der Waals surface area contributed by atoms with E-state index in [9.17, 15) is 5.11 Å². The third kappa shape index (κ3) is 4.98. The third-order valence-corrected chi connectivity index (χ3v) is 15.9. The van der Waals surface area contributed by atoms with Crippen molar-refractivity contribution < 1.29 is 9.90 Å². The molecule has 262 valence electrons. The summed E-state index contributed by atoms with van der Waals surface area (Å²) in [5.74, 6) is 5.30. The van der Waals surface area contributed by atoms with Crippen molar-refractivity contribution in [1.82, 2.24) is 24.3 Å². The number of hydrogen-bond donors (Lipinski definition) is 1. The molecule has 8 rings (SSSR count). The molecule has 2 aromatic rings. The molecule has 3 heterocycles. The second-order valence-electron chi connectivity index (χ2n) is 18.1. The first-order valence-electron chi connectivity index (χ1n) is 19.7. The zero-order valence-corrected chi connectivity index (χ0v) is 30.4. The van der Waals surface area contributed by atoms with Crippen molar-refractivity contribution >= 4 is 5.91 Å². The molecule has 5 saturated carbocycles. The van der Waals surface area contributed by atoms with Crippen LogP contribution in [-0.4, -0.2) is 68.6 Å². The Bertz CT molecular complexity index is 1490. The lowest BCUT2D eigenvalue weighted by molar-refractivity contribution is -0.198. The van der Waals surface area contributed by atoms with Crippen LogP contribution in [-0.2, 0) is 11.3 Å². The van der Waals surface area contributed by atoms with Gasteiger partial charge in [0.15, 0.2) is 0 Å². The van der Waals surface area contributed by atoms with Gasteiger partial charge in [0, 0.05) is 43.8 Å². The van der Waals surface area contributed by atoms with Crippen molar-refractivity contribution in [2.75, 3.05) is 27.2 Å². The predicted molar refractivity (Wildman–Crippen MR) is 190 cm³/mol. The second kappa shape index (κ2) is 12.2. The van der Waals surface area contributed by atoms with E-state index in [-0.39, 0.29) is 17.6 Å². The van der Waals surface area contributed by atoms with Crippen molar-refractivity contribution in [1.29, 1.82) is 0 Å². The first-order chi connectivity index (χ1) is 23.1. The van der Waals surface area contributed by atoms with Crippen molar-refractivity contribution in [2.45, 2.75) is 123 Å². The fourth-order valence-corrected chi connectivity index (χ4v) is 13.6. The number of pyridine rings is 1. The Hall–Kier alpha value is -2.25. The summed E-state index contributed by atoms with van der Waals surface area (Å²) in [6.07, 6.45) is 21.0. The molecular formula is C41H61N5O2. The second-order valence-corrected chi connectivity index (χ2v) is 18.1. The van der Waals surface area contributed by atoms with E-state index in [4.69, 9.17) is 4.98 Å². The molecule has 1 amide bonds. The summed E-state index contributed by atoms with van der Waals surface area (Å²) < 4.78 is 2.34. The number of likely N-dealkylation sites (N-methyl/N-ethyl adjacent to an activating group) is 1. The monoisotopic (exact) mass is 655 g/mol. The molecular weight excluding hydrogens is 594 g/mol. The van der Waals surface area contributed by atoms with Gasteiger partial charge in [-0.15, -0.1) is 0 Å². The van der Waals surface area contributed by atoms with Crippen LogP contribution in [0.5, 0.6) is 0 Å². The zero-order chi connectivity index (χ0) is 33.4.